The van der Waals surface area contributed by atoms with Crippen LogP contribution in [0.2, 0.25) is 0 Å². The molecule has 2 heterocycles. The average molecular weight is 389 g/mol. The molecule has 2 saturated heterocycles. The molecule has 1 aromatic carbocycles. The van der Waals surface area contributed by atoms with Crippen molar-refractivity contribution >= 4 is 11.8 Å². The van der Waals surface area contributed by atoms with Gasteiger partial charge in [-0.05, 0) is 36.8 Å². The second kappa shape index (κ2) is 9.41. The number of piperidine rings is 1. The summed E-state index contributed by atoms with van der Waals surface area (Å²) in [6.45, 7) is 6.81. The quantitative estimate of drug-likeness (QED) is 0.810. The standard InChI is InChI=1S/C22H32N2O4/c1-16(2)22(27)23-10-8-17(9-11-23)20-13-24(12-18(20)14-25)21(26)15-28-19-6-4-3-5-7-19/h3-7,16-18,20,25H,8-15H2,1-2H3/t18-,20-/m0/s1. The van der Waals surface area contributed by atoms with E-state index in [1.165, 1.54) is 0 Å². The van der Waals surface area contributed by atoms with Crippen LogP contribution in [0.25, 0.3) is 0 Å². The van der Waals surface area contributed by atoms with Crippen LogP contribution in [0.5, 0.6) is 5.75 Å². The van der Waals surface area contributed by atoms with Crippen LogP contribution in [0.4, 0.5) is 0 Å². The fourth-order valence-electron chi connectivity index (χ4n) is 4.49. The lowest BCUT2D eigenvalue weighted by atomic mass is 9.78. The highest BCUT2D eigenvalue weighted by Gasteiger charge is 2.40. The number of hydrogen-bond acceptors (Lipinski definition) is 4. The minimum Gasteiger partial charge on any atom is -0.484 e. The van der Waals surface area contributed by atoms with Crippen molar-refractivity contribution in [2.24, 2.45) is 23.7 Å². The molecule has 6 heteroatoms. The van der Waals surface area contributed by atoms with Crippen molar-refractivity contribution in [3.8, 4) is 5.75 Å². The molecule has 154 valence electrons. The Morgan fingerprint density at radius 1 is 1.11 bits per heavy atom. The van der Waals surface area contributed by atoms with E-state index in [2.05, 4.69) is 0 Å². The van der Waals surface area contributed by atoms with Gasteiger partial charge in [-0.2, -0.15) is 0 Å². The highest BCUT2D eigenvalue weighted by molar-refractivity contribution is 5.78. The summed E-state index contributed by atoms with van der Waals surface area (Å²) in [6.07, 6.45) is 1.89. The number of aliphatic hydroxyl groups is 1. The number of ether oxygens (including phenoxy) is 1. The molecule has 3 rings (SSSR count). The van der Waals surface area contributed by atoms with E-state index in [1.54, 1.807) is 0 Å². The van der Waals surface area contributed by atoms with Crippen LogP contribution in [0.3, 0.4) is 0 Å². The van der Waals surface area contributed by atoms with Crippen molar-refractivity contribution in [1.29, 1.82) is 0 Å². The van der Waals surface area contributed by atoms with E-state index in [-0.39, 0.29) is 36.9 Å². The van der Waals surface area contributed by atoms with Gasteiger partial charge >= 0.3 is 0 Å². The number of rotatable bonds is 6. The van der Waals surface area contributed by atoms with E-state index in [4.69, 9.17) is 4.74 Å². The molecular weight excluding hydrogens is 356 g/mol. The maximum absolute atomic E-state index is 12.6. The number of aliphatic hydroxyl groups excluding tert-OH is 1. The van der Waals surface area contributed by atoms with E-state index in [0.29, 0.717) is 30.7 Å². The zero-order valence-electron chi connectivity index (χ0n) is 16.9. The number of carbonyl (C=O) groups is 2. The smallest absolute Gasteiger partial charge is 0.260 e. The molecular formula is C22H32N2O4. The molecule has 0 bridgehead atoms. The molecule has 28 heavy (non-hydrogen) atoms. The van der Waals surface area contributed by atoms with Gasteiger partial charge in [-0.15, -0.1) is 0 Å². The summed E-state index contributed by atoms with van der Waals surface area (Å²) < 4.78 is 5.59. The highest BCUT2D eigenvalue weighted by atomic mass is 16.5. The second-order valence-electron chi connectivity index (χ2n) is 8.32. The Bertz CT molecular complexity index is 656. The average Bonchev–Trinajstić information content (AvgIpc) is 3.17. The first kappa shape index (κ1) is 20.6. The summed E-state index contributed by atoms with van der Waals surface area (Å²) >= 11 is 0. The van der Waals surface area contributed by atoms with Crippen molar-refractivity contribution in [3.63, 3.8) is 0 Å². The summed E-state index contributed by atoms with van der Waals surface area (Å²) in [4.78, 5) is 28.6. The van der Waals surface area contributed by atoms with Crippen molar-refractivity contribution < 1.29 is 19.4 Å². The number of para-hydroxylation sites is 1. The maximum atomic E-state index is 12.6. The van der Waals surface area contributed by atoms with Gasteiger partial charge in [0.05, 0.1) is 0 Å². The van der Waals surface area contributed by atoms with Crippen molar-refractivity contribution in [2.75, 3.05) is 39.4 Å². The van der Waals surface area contributed by atoms with Crippen LogP contribution in [0.15, 0.2) is 30.3 Å². The molecule has 1 N–H and O–H groups in total. The van der Waals surface area contributed by atoms with Gasteiger partial charge in [0.2, 0.25) is 5.91 Å². The molecule has 2 atom stereocenters. The lowest BCUT2D eigenvalue weighted by Gasteiger charge is -2.37. The third kappa shape index (κ3) is 4.85. The molecule has 2 fully saturated rings. The molecule has 0 unspecified atom stereocenters. The van der Waals surface area contributed by atoms with Gasteiger partial charge in [0.1, 0.15) is 5.75 Å². The van der Waals surface area contributed by atoms with Crippen molar-refractivity contribution in [2.45, 2.75) is 26.7 Å². The number of likely N-dealkylation sites (tertiary alicyclic amines) is 2. The monoisotopic (exact) mass is 388 g/mol. The lowest BCUT2D eigenvalue weighted by molar-refractivity contribution is -0.136. The third-order valence-corrected chi connectivity index (χ3v) is 6.14. The molecule has 2 aliphatic rings. The Morgan fingerprint density at radius 3 is 2.39 bits per heavy atom. The fraction of sp³-hybridized carbons (Fsp3) is 0.636. The Hall–Kier alpha value is -2.08. The van der Waals surface area contributed by atoms with Gasteiger partial charge in [-0.3, -0.25) is 9.59 Å². The van der Waals surface area contributed by atoms with Gasteiger partial charge < -0.3 is 19.6 Å². The second-order valence-corrected chi connectivity index (χ2v) is 8.32. The van der Waals surface area contributed by atoms with Crippen LogP contribution in [-0.2, 0) is 9.59 Å². The van der Waals surface area contributed by atoms with Gasteiger partial charge in [0, 0.05) is 44.6 Å². The van der Waals surface area contributed by atoms with Gasteiger partial charge in [0.15, 0.2) is 6.61 Å². The predicted molar refractivity (Wildman–Crippen MR) is 107 cm³/mol. The zero-order valence-corrected chi connectivity index (χ0v) is 16.9. The predicted octanol–water partition coefficient (Wildman–Crippen LogP) is 2.03. The first-order valence-corrected chi connectivity index (χ1v) is 10.3. The lowest BCUT2D eigenvalue weighted by Crippen LogP contribution is -2.43. The Labute approximate surface area is 167 Å². The maximum Gasteiger partial charge on any atom is 0.260 e. The van der Waals surface area contributed by atoms with Gasteiger partial charge in [-0.25, -0.2) is 0 Å². The first-order valence-electron chi connectivity index (χ1n) is 10.3. The molecule has 0 saturated carbocycles. The number of nitrogens with zero attached hydrogens (tertiary/aromatic N) is 2. The fourth-order valence-corrected chi connectivity index (χ4v) is 4.49. The molecule has 0 spiro atoms. The van der Waals surface area contributed by atoms with E-state index in [0.717, 1.165) is 25.9 Å². The number of carbonyl (C=O) groups excluding carboxylic acids is 2. The van der Waals surface area contributed by atoms with Crippen LogP contribution < -0.4 is 4.74 Å². The van der Waals surface area contributed by atoms with Crippen LogP contribution in [0.1, 0.15) is 26.7 Å². The summed E-state index contributed by atoms with van der Waals surface area (Å²) in [6, 6.07) is 9.34. The highest BCUT2D eigenvalue weighted by Crippen LogP contribution is 2.36. The minimum absolute atomic E-state index is 0.0240. The summed E-state index contributed by atoms with van der Waals surface area (Å²) in [7, 11) is 0. The molecule has 6 nitrogen and oxygen atoms in total. The van der Waals surface area contributed by atoms with Crippen molar-refractivity contribution in [3.05, 3.63) is 30.3 Å². The van der Waals surface area contributed by atoms with Crippen LogP contribution in [-0.4, -0.2) is 66.1 Å². The normalized spacial score (nSPS) is 23.3. The minimum atomic E-state index is -0.0303. The number of hydrogen-bond donors (Lipinski definition) is 1. The largest absolute Gasteiger partial charge is 0.484 e. The molecule has 0 aliphatic carbocycles. The summed E-state index contributed by atoms with van der Waals surface area (Å²) in [5.41, 5.74) is 0. The SMILES string of the molecule is CC(C)C(=O)N1CCC([C@@H]2CN(C(=O)COc3ccccc3)C[C@H]2CO)CC1. The van der Waals surface area contributed by atoms with Gasteiger partial charge in [0.25, 0.3) is 5.91 Å². The van der Waals surface area contributed by atoms with E-state index in [9.17, 15) is 14.7 Å². The van der Waals surface area contributed by atoms with Crippen LogP contribution >= 0.6 is 0 Å². The molecule has 1 aromatic rings. The number of amides is 2. The Morgan fingerprint density at radius 2 is 1.79 bits per heavy atom. The first-order chi connectivity index (χ1) is 13.5. The summed E-state index contributed by atoms with van der Waals surface area (Å²) in [5.74, 6) is 1.76. The number of benzene rings is 1. The zero-order chi connectivity index (χ0) is 20.1. The molecule has 2 aliphatic heterocycles. The Balaban J connectivity index is 1.52. The van der Waals surface area contributed by atoms with E-state index >= 15 is 0 Å². The molecule has 2 amide bonds. The third-order valence-electron chi connectivity index (χ3n) is 6.14. The van der Waals surface area contributed by atoms with Crippen LogP contribution in [0, 0.1) is 23.7 Å². The summed E-state index contributed by atoms with van der Waals surface area (Å²) in [5, 5.41) is 9.85. The Kier molecular flexibility index (Phi) is 6.94. The molecule has 0 radical (unpaired) electrons. The molecule has 0 aromatic heterocycles. The van der Waals surface area contributed by atoms with Gasteiger partial charge in [-0.1, -0.05) is 32.0 Å². The van der Waals surface area contributed by atoms with E-state index < -0.39 is 0 Å². The van der Waals surface area contributed by atoms with E-state index in [1.807, 2.05) is 54.0 Å². The van der Waals surface area contributed by atoms with Crippen molar-refractivity contribution in [1.82, 2.24) is 9.80 Å². The topological polar surface area (TPSA) is 70.1 Å².